The Balaban J connectivity index is 2.49. The average Bonchev–Trinajstić information content (AvgIpc) is 2.48. The summed E-state index contributed by atoms with van der Waals surface area (Å²) in [6, 6.07) is 2.89. The third kappa shape index (κ3) is 4.75. The zero-order chi connectivity index (χ0) is 19.9. The summed E-state index contributed by atoms with van der Waals surface area (Å²) >= 11 is 17.3. The quantitative estimate of drug-likeness (QED) is 0.508. The third-order valence-electron chi connectivity index (χ3n) is 3.10. The molecule has 0 aliphatic carbocycles. The smallest absolute Gasteiger partial charge is 0.319 e. The molecule has 0 spiro atoms. The van der Waals surface area contributed by atoms with Gasteiger partial charge in [0.2, 0.25) is 0 Å². The molecule has 26 heavy (non-hydrogen) atoms. The van der Waals surface area contributed by atoms with Gasteiger partial charge in [0.25, 0.3) is 5.91 Å². The lowest BCUT2D eigenvalue weighted by atomic mass is 10.0. The number of benzene rings is 2. The molecule has 11 heteroatoms. The topological polar surface area (TPSA) is 29.1 Å². The molecule has 0 saturated carbocycles. The Labute approximate surface area is 157 Å². The van der Waals surface area contributed by atoms with Crippen LogP contribution in [0.2, 0.25) is 15.1 Å². The first-order valence-electron chi connectivity index (χ1n) is 6.54. The van der Waals surface area contributed by atoms with Crippen LogP contribution in [0.3, 0.4) is 0 Å². The van der Waals surface area contributed by atoms with Gasteiger partial charge in [0, 0.05) is 10.6 Å². The molecule has 0 saturated heterocycles. The first-order valence-corrected chi connectivity index (χ1v) is 7.68. The second kappa shape index (κ2) is 7.17. The molecular weight excluding hydrogens is 431 g/mol. The van der Waals surface area contributed by atoms with Crippen LogP contribution >= 0.6 is 34.8 Å². The predicted molar refractivity (Wildman–Crippen MR) is 85.9 cm³/mol. The summed E-state index contributed by atoms with van der Waals surface area (Å²) in [5, 5.41) is 1.92. The molecule has 0 radical (unpaired) electrons. The molecule has 140 valence electrons. The van der Waals surface area contributed by atoms with E-state index >= 15 is 0 Å². The first kappa shape index (κ1) is 20.7. The Morgan fingerprint density at radius 2 is 1.19 bits per heavy atom. The summed E-state index contributed by atoms with van der Waals surface area (Å²) in [7, 11) is 0. The van der Waals surface area contributed by atoms with Crippen molar-refractivity contribution in [1.29, 1.82) is 0 Å². The van der Waals surface area contributed by atoms with Gasteiger partial charge in [0.05, 0.1) is 26.9 Å². The highest BCUT2D eigenvalue weighted by molar-refractivity contribution is 6.42. The lowest BCUT2D eigenvalue weighted by Crippen LogP contribution is -2.17. The standard InChI is InChI=1S/C15H6Cl3F6NO/c16-9-4-10(17)12(11(18)5-9)25-13(26)6-1-7(14(19,20)21)3-8(2-6)15(22,23)24/h1-5H,(H,25,26). The van der Waals surface area contributed by atoms with E-state index in [2.05, 4.69) is 5.32 Å². The van der Waals surface area contributed by atoms with Crippen LogP contribution in [0.15, 0.2) is 30.3 Å². The van der Waals surface area contributed by atoms with E-state index in [1.54, 1.807) is 0 Å². The molecule has 0 aromatic heterocycles. The van der Waals surface area contributed by atoms with E-state index in [1.165, 1.54) is 12.1 Å². The largest absolute Gasteiger partial charge is 0.416 e. The van der Waals surface area contributed by atoms with Crippen LogP contribution < -0.4 is 5.32 Å². The third-order valence-corrected chi connectivity index (χ3v) is 3.91. The van der Waals surface area contributed by atoms with E-state index in [1.807, 2.05) is 0 Å². The monoisotopic (exact) mass is 435 g/mol. The summed E-state index contributed by atoms with van der Waals surface area (Å²) in [5.41, 5.74) is -4.31. The van der Waals surface area contributed by atoms with Crippen LogP contribution in [0.1, 0.15) is 21.5 Å². The van der Waals surface area contributed by atoms with Gasteiger partial charge in [-0.25, -0.2) is 0 Å². The minimum atomic E-state index is -5.08. The second-order valence-electron chi connectivity index (χ2n) is 4.99. The number of hydrogen-bond acceptors (Lipinski definition) is 1. The Morgan fingerprint density at radius 1 is 0.769 bits per heavy atom. The molecule has 0 fully saturated rings. The average molecular weight is 437 g/mol. The summed E-state index contributed by atoms with van der Waals surface area (Å²) in [4.78, 5) is 12.2. The fraction of sp³-hybridized carbons (Fsp3) is 0.133. The van der Waals surface area contributed by atoms with Crippen molar-refractivity contribution in [2.45, 2.75) is 12.4 Å². The molecule has 2 nitrogen and oxygen atoms in total. The van der Waals surface area contributed by atoms with Gasteiger partial charge in [-0.2, -0.15) is 26.3 Å². The molecule has 2 rings (SSSR count). The molecule has 2 aromatic rings. The highest BCUT2D eigenvalue weighted by Crippen LogP contribution is 2.37. The van der Waals surface area contributed by atoms with E-state index in [0.29, 0.717) is 12.1 Å². The second-order valence-corrected chi connectivity index (χ2v) is 6.24. The predicted octanol–water partition coefficient (Wildman–Crippen LogP) is 6.94. The molecule has 2 aromatic carbocycles. The number of rotatable bonds is 2. The minimum Gasteiger partial charge on any atom is -0.319 e. The number of nitrogens with one attached hydrogen (secondary N) is 1. The molecule has 0 bridgehead atoms. The van der Waals surface area contributed by atoms with Crippen molar-refractivity contribution in [2.75, 3.05) is 5.32 Å². The van der Waals surface area contributed by atoms with E-state index in [4.69, 9.17) is 34.8 Å². The molecule has 0 atom stereocenters. The van der Waals surface area contributed by atoms with E-state index in [9.17, 15) is 31.1 Å². The number of carbonyl (C=O) groups is 1. The van der Waals surface area contributed by atoms with Crippen LogP contribution in [-0.4, -0.2) is 5.91 Å². The summed E-state index contributed by atoms with van der Waals surface area (Å²) in [5.74, 6) is -1.26. The van der Waals surface area contributed by atoms with Crippen molar-refractivity contribution in [3.8, 4) is 0 Å². The maximum atomic E-state index is 12.8. The van der Waals surface area contributed by atoms with Crippen LogP contribution in [0.4, 0.5) is 32.0 Å². The molecule has 0 heterocycles. The Morgan fingerprint density at radius 3 is 1.58 bits per heavy atom. The number of anilines is 1. The molecule has 1 amide bonds. The van der Waals surface area contributed by atoms with Gasteiger partial charge in [-0.05, 0) is 30.3 Å². The Hall–Kier alpha value is -1.64. The fourth-order valence-electron chi connectivity index (χ4n) is 1.93. The maximum absolute atomic E-state index is 12.8. The van der Waals surface area contributed by atoms with Gasteiger partial charge in [0.1, 0.15) is 0 Å². The summed E-state index contributed by atoms with van der Waals surface area (Å²) < 4.78 is 77.1. The number of hydrogen-bond donors (Lipinski definition) is 1. The summed E-state index contributed by atoms with van der Waals surface area (Å²) in [6.07, 6.45) is -10.2. The van der Waals surface area contributed by atoms with Gasteiger partial charge in [-0.15, -0.1) is 0 Å². The van der Waals surface area contributed by atoms with Crippen LogP contribution in [0.25, 0.3) is 0 Å². The maximum Gasteiger partial charge on any atom is 0.416 e. The van der Waals surface area contributed by atoms with Crippen molar-refractivity contribution >= 4 is 46.4 Å². The zero-order valence-corrected chi connectivity index (χ0v) is 14.5. The molecule has 0 unspecified atom stereocenters. The Bertz CT molecular complexity index is 808. The first-order chi connectivity index (χ1) is 11.8. The molecule has 0 aliphatic rings. The van der Waals surface area contributed by atoms with Gasteiger partial charge in [-0.3, -0.25) is 4.79 Å². The van der Waals surface area contributed by atoms with Gasteiger partial charge >= 0.3 is 12.4 Å². The van der Waals surface area contributed by atoms with Crippen molar-refractivity contribution in [1.82, 2.24) is 0 Å². The van der Waals surface area contributed by atoms with Crippen LogP contribution in [0, 0.1) is 0 Å². The lowest BCUT2D eigenvalue weighted by molar-refractivity contribution is -0.143. The van der Waals surface area contributed by atoms with Gasteiger partial charge in [0.15, 0.2) is 0 Å². The SMILES string of the molecule is O=C(Nc1c(Cl)cc(Cl)cc1Cl)c1cc(C(F)(F)F)cc(C(F)(F)F)c1. The lowest BCUT2D eigenvalue weighted by Gasteiger charge is -2.15. The van der Waals surface area contributed by atoms with Crippen molar-refractivity contribution in [3.05, 3.63) is 62.1 Å². The molecular formula is C15H6Cl3F6NO. The summed E-state index contributed by atoms with van der Waals surface area (Å²) in [6.45, 7) is 0. The Kier molecular flexibility index (Phi) is 5.70. The fourth-order valence-corrected chi connectivity index (χ4v) is 2.84. The van der Waals surface area contributed by atoms with Gasteiger partial charge < -0.3 is 5.32 Å². The van der Waals surface area contributed by atoms with Crippen LogP contribution in [0.5, 0.6) is 0 Å². The minimum absolute atomic E-state index is 0.0843. The number of carbonyl (C=O) groups excluding carboxylic acids is 1. The van der Waals surface area contributed by atoms with Crippen LogP contribution in [-0.2, 0) is 12.4 Å². The highest BCUT2D eigenvalue weighted by Gasteiger charge is 2.37. The molecule has 0 aliphatic heterocycles. The zero-order valence-electron chi connectivity index (χ0n) is 12.2. The normalized spacial score (nSPS) is 12.2. The van der Waals surface area contributed by atoms with Crippen molar-refractivity contribution < 1.29 is 31.1 Å². The van der Waals surface area contributed by atoms with E-state index in [0.717, 1.165) is 0 Å². The number of alkyl halides is 6. The van der Waals surface area contributed by atoms with E-state index < -0.39 is 35.0 Å². The van der Waals surface area contributed by atoms with Crippen molar-refractivity contribution in [2.24, 2.45) is 0 Å². The number of halogens is 9. The number of amides is 1. The van der Waals surface area contributed by atoms with E-state index in [-0.39, 0.29) is 26.8 Å². The highest BCUT2D eigenvalue weighted by atomic mass is 35.5. The molecule has 1 N–H and O–H groups in total. The van der Waals surface area contributed by atoms with Gasteiger partial charge in [-0.1, -0.05) is 34.8 Å². The van der Waals surface area contributed by atoms with Crippen molar-refractivity contribution in [3.63, 3.8) is 0 Å².